The van der Waals surface area contributed by atoms with Crippen molar-refractivity contribution in [1.29, 1.82) is 0 Å². The van der Waals surface area contributed by atoms with Gasteiger partial charge < -0.3 is 10.2 Å². The summed E-state index contributed by atoms with van der Waals surface area (Å²) in [5.74, 6) is -0.0485. The van der Waals surface area contributed by atoms with Crippen molar-refractivity contribution in [3.63, 3.8) is 0 Å². The lowest BCUT2D eigenvalue weighted by Crippen LogP contribution is -2.28. The van der Waals surface area contributed by atoms with Gasteiger partial charge in [-0.1, -0.05) is 17.7 Å². The number of anilines is 1. The van der Waals surface area contributed by atoms with Gasteiger partial charge in [-0.3, -0.25) is 9.69 Å². The number of rotatable bonds is 5. The Morgan fingerprint density at radius 1 is 1.50 bits per heavy atom. The van der Waals surface area contributed by atoms with Gasteiger partial charge in [0.2, 0.25) is 5.91 Å². The molecule has 3 rings (SSSR count). The first-order valence-electron chi connectivity index (χ1n) is 7.37. The van der Waals surface area contributed by atoms with Crippen LogP contribution in [0.3, 0.4) is 0 Å². The van der Waals surface area contributed by atoms with E-state index in [0.29, 0.717) is 35.6 Å². The average Bonchev–Trinajstić information content (AvgIpc) is 3.18. The second-order valence-corrected chi connectivity index (χ2v) is 6.64. The van der Waals surface area contributed by atoms with Gasteiger partial charge in [-0.25, -0.2) is 14.8 Å². The molecule has 24 heavy (non-hydrogen) atoms. The van der Waals surface area contributed by atoms with Crippen molar-refractivity contribution >= 4 is 40.0 Å². The van der Waals surface area contributed by atoms with Crippen LogP contribution in [0.5, 0.6) is 0 Å². The van der Waals surface area contributed by atoms with Crippen LogP contribution in [-0.2, 0) is 17.8 Å². The van der Waals surface area contributed by atoms with Crippen LogP contribution in [-0.4, -0.2) is 46.9 Å². The number of hydrogen-bond acceptors (Lipinski definition) is 5. The predicted molar refractivity (Wildman–Crippen MR) is 92.3 cm³/mol. The Bertz CT molecular complexity index is 749. The molecule has 0 unspecified atom stereocenters. The molecular weight excluding hydrogens is 350 g/mol. The summed E-state index contributed by atoms with van der Waals surface area (Å²) in [7, 11) is 1.73. The third-order valence-electron chi connectivity index (χ3n) is 3.59. The zero-order chi connectivity index (χ0) is 17.1. The Hall–Kier alpha value is -2.19. The van der Waals surface area contributed by atoms with E-state index in [9.17, 15) is 9.59 Å². The molecule has 1 saturated heterocycles. The molecule has 3 amide bonds. The molecule has 0 radical (unpaired) electrons. The fraction of sp³-hybridized carbons (Fsp3) is 0.333. The molecule has 0 bridgehead atoms. The molecule has 0 aromatic carbocycles. The highest BCUT2D eigenvalue weighted by molar-refractivity contribution is 7.14. The molecule has 2 aromatic heterocycles. The number of nitrogens with zero attached hydrogens (tertiary/aromatic N) is 4. The summed E-state index contributed by atoms with van der Waals surface area (Å²) in [6.45, 7) is 1.67. The first kappa shape index (κ1) is 16.7. The number of urea groups is 1. The highest BCUT2D eigenvalue weighted by Crippen LogP contribution is 2.22. The highest BCUT2D eigenvalue weighted by Gasteiger charge is 2.24. The molecule has 3 heterocycles. The number of likely N-dealkylation sites (N-methyl/N-ethyl adjacent to an activating group) is 1. The van der Waals surface area contributed by atoms with Crippen LogP contribution in [0.25, 0.3) is 0 Å². The van der Waals surface area contributed by atoms with Crippen molar-refractivity contribution in [2.24, 2.45) is 0 Å². The molecule has 2 aromatic rings. The number of amides is 3. The minimum Gasteiger partial charge on any atom is -0.341 e. The minimum atomic E-state index is -0.144. The van der Waals surface area contributed by atoms with Crippen molar-refractivity contribution in [3.05, 3.63) is 40.1 Å². The maximum atomic E-state index is 12.3. The summed E-state index contributed by atoms with van der Waals surface area (Å²) >= 11 is 7.12. The van der Waals surface area contributed by atoms with E-state index in [4.69, 9.17) is 11.6 Å². The summed E-state index contributed by atoms with van der Waals surface area (Å²) in [5, 5.41) is 5.59. The molecule has 9 heteroatoms. The van der Waals surface area contributed by atoms with Crippen LogP contribution in [0.4, 0.5) is 9.93 Å². The lowest BCUT2D eigenvalue weighted by Gasteiger charge is -2.16. The Morgan fingerprint density at radius 3 is 3.00 bits per heavy atom. The van der Waals surface area contributed by atoms with Gasteiger partial charge in [0, 0.05) is 38.3 Å². The molecule has 0 aliphatic carbocycles. The van der Waals surface area contributed by atoms with E-state index in [2.05, 4.69) is 15.3 Å². The van der Waals surface area contributed by atoms with E-state index >= 15 is 0 Å². The summed E-state index contributed by atoms with van der Waals surface area (Å²) in [6.07, 6.45) is 1.85. The first-order chi connectivity index (χ1) is 11.5. The summed E-state index contributed by atoms with van der Waals surface area (Å²) < 4.78 is 0. The molecule has 7 nitrogen and oxygen atoms in total. The van der Waals surface area contributed by atoms with Crippen molar-refractivity contribution < 1.29 is 9.59 Å². The summed E-state index contributed by atoms with van der Waals surface area (Å²) in [4.78, 5) is 35.6. The van der Waals surface area contributed by atoms with Crippen molar-refractivity contribution in [2.45, 2.75) is 13.0 Å². The van der Waals surface area contributed by atoms with Gasteiger partial charge >= 0.3 is 6.03 Å². The number of halogens is 1. The highest BCUT2D eigenvalue weighted by atomic mass is 35.5. The Kier molecular flexibility index (Phi) is 4.96. The quantitative estimate of drug-likeness (QED) is 0.821. The van der Waals surface area contributed by atoms with Crippen LogP contribution in [0.15, 0.2) is 23.7 Å². The van der Waals surface area contributed by atoms with Gasteiger partial charge in [-0.2, -0.15) is 0 Å². The fourth-order valence-corrected chi connectivity index (χ4v) is 3.27. The number of hydrogen-bond donors (Lipinski definition) is 1. The van der Waals surface area contributed by atoms with E-state index < -0.39 is 0 Å². The Labute approximate surface area is 148 Å². The van der Waals surface area contributed by atoms with Gasteiger partial charge in [-0.05, 0) is 11.6 Å². The molecule has 1 N–H and O–H groups in total. The zero-order valence-corrected chi connectivity index (χ0v) is 14.6. The van der Waals surface area contributed by atoms with Gasteiger partial charge in [0.05, 0.1) is 12.1 Å². The summed E-state index contributed by atoms with van der Waals surface area (Å²) in [5.41, 5.74) is 1.57. The number of thiazole rings is 1. The van der Waals surface area contributed by atoms with Crippen LogP contribution in [0.1, 0.15) is 11.3 Å². The monoisotopic (exact) mass is 365 g/mol. The minimum absolute atomic E-state index is 0.0485. The summed E-state index contributed by atoms with van der Waals surface area (Å²) in [6, 6.07) is 3.39. The number of carbonyl (C=O) groups excluding carboxylic acids is 2. The maximum absolute atomic E-state index is 12.3. The number of carbonyl (C=O) groups is 2. The SMILES string of the molecule is CN(Cc1ccc(Cl)nc1)C(=O)Cc1csc(N2CCNC2=O)n1. The van der Waals surface area contributed by atoms with Gasteiger partial charge in [0.15, 0.2) is 5.13 Å². The van der Waals surface area contributed by atoms with Gasteiger partial charge in [0.25, 0.3) is 0 Å². The number of nitrogens with one attached hydrogen (secondary N) is 1. The Balaban J connectivity index is 1.59. The van der Waals surface area contributed by atoms with Crippen LogP contribution >= 0.6 is 22.9 Å². The van der Waals surface area contributed by atoms with Crippen LogP contribution < -0.4 is 10.2 Å². The van der Waals surface area contributed by atoms with E-state index in [-0.39, 0.29) is 18.4 Å². The van der Waals surface area contributed by atoms with E-state index in [1.807, 2.05) is 11.4 Å². The zero-order valence-electron chi connectivity index (χ0n) is 13.0. The van der Waals surface area contributed by atoms with Gasteiger partial charge in [-0.15, -0.1) is 11.3 Å². The van der Waals surface area contributed by atoms with Crippen molar-refractivity contribution in [3.8, 4) is 0 Å². The standard InChI is InChI=1S/C15H16ClN5O2S/c1-20(8-10-2-3-12(16)18-7-10)13(22)6-11-9-24-15(19-11)21-5-4-17-14(21)23/h2-3,7,9H,4-6,8H2,1H3,(H,17,23). The third-order valence-corrected chi connectivity index (χ3v) is 4.73. The van der Waals surface area contributed by atoms with E-state index in [1.165, 1.54) is 11.3 Å². The van der Waals surface area contributed by atoms with Crippen molar-refractivity contribution in [1.82, 2.24) is 20.2 Å². The second-order valence-electron chi connectivity index (χ2n) is 5.42. The van der Waals surface area contributed by atoms with Crippen molar-refractivity contribution in [2.75, 3.05) is 25.0 Å². The lowest BCUT2D eigenvalue weighted by molar-refractivity contribution is -0.129. The number of aromatic nitrogens is 2. The lowest BCUT2D eigenvalue weighted by atomic mass is 10.2. The molecule has 0 saturated carbocycles. The maximum Gasteiger partial charge on any atom is 0.323 e. The van der Waals surface area contributed by atoms with Crippen LogP contribution in [0, 0.1) is 0 Å². The third kappa shape index (κ3) is 3.82. The normalized spacial score (nSPS) is 13.9. The molecule has 0 spiro atoms. The predicted octanol–water partition coefficient (Wildman–Crippen LogP) is 1.92. The van der Waals surface area contributed by atoms with Gasteiger partial charge in [0.1, 0.15) is 5.15 Å². The fourth-order valence-electron chi connectivity index (χ4n) is 2.31. The van der Waals surface area contributed by atoms with E-state index in [1.54, 1.807) is 29.1 Å². The molecule has 1 aliphatic rings. The molecule has 1 fully saturated rings. The largest absolute Gasteiger partial charge is 0.341 e. The van der Waals surface area contributed by atoms with Crippen LogP contribution in [0.2, 0.25) is 5.15 Å². The Morgan fingerprint density at radius 2 is 2.33 bits per heavy atom. The smallest absolute Gasteiger partial charge is 0.323 e. The number of pyridine rings is 1. The average molecular weight is 366 g/mol. The first-order valence-corrected chi connectivity index (χ1v) is 8.63. The second kappa shape index (κ2) is 7.14. The molecular formula is C15H16ClN5O2S. The molecule has 0 atom stereocenters. The molecule has 126 valence electrons. The topological polar surface area (TPSA) is 78.4 Å². The van der Waals surface area contributed by atoms with E-state index in [0.717, 1.165) is 5.56 Å². The molecule has 1 aliphatic heterocycles.